The molecular formula is C23H24N4O4S. The van der Waals surface area contributed by atoms with E-state index in [2.05, 4.69) is 15.3 Å². The Hall–Kier alpha value is -3.59. The SMILES string of the molecule is COc1cc(OC)cc(C(NC(=O)Cc2csc(-c3ccc(C)o3)n2)c2nccn2C)c1. The normalized spacial score (nSPS) is 11.9. The summed E-state index contributed by atoms with van der Waals surface area (Å²) in [6.45, 7) is 1.89. The van der Waals surface area contributed by atoms with E-state index in [1.807, 2.05) is 54.4 Å². The number of furan rings is 1. The van der Waals surface area contributed by atoms with E-state index >= 15 is 0 Å². The van der Waals surface area contributed by atoms with Gasteiger partial charge in [-0.1, -0.05) is 0 Å². The molecule has 1 unspecified atom stereocenters. The number of methoxy groups -OCH3 is 2. The summed E-state index contributed by atoms with van der Waals surface area (Å²) in [5.41, 5.74) is 1.48. The highest BCUT2D eigenvalue weighted by Crippen LogP contribution is 2.30. The van der Waals surface area contributed by atoms with Crippen LogP contribution in [0, 0.1) is 6.92 Å². The molecule has 166 valence electrons. The second-order valence-corrected chi connectivity index (χ2v) is 8.13. The highest BCUT2D eigenvalue weighted by Gasteiger charge is 2.23. The molecule has 4 rings (SSSR count). The summed E-state index contributed by atoms with van der Waals surface area (Å²) < 4.78 is 18.3. The van der Waals surface area contributed by atoms with Gasteiger partial charge in [0, 0.05) is 30.9 Å². The molecule has 1 aromatic carbocycles. The van der Waals surface area contributed by atoms with Gasteiger partial charge in [-0.3, -0.25) is 4.79 Å². The molecule has 0 aliphatic carbocycles. The first-order chi connectivity index (χ1) is 15.5. The fourth-order valence-corrected chi connectivity index (χ4v) is 4.16. The third-order valence-corrected chi connectivity index (χ3v) is 5.88. The number of aryl methyl sites for hydroxylation is 2. The van der Waals surface area contributed by atoms with Gasteiger partial charge in [0.25, 0.3) is 0 Å². The van der Waals surface area contributed by atoms with Crippen LogP contribution in [-0.2, 0) is 18.3 Å². The molecule has 0 aliphatic heterocycles. The lowest BCUT2D eigenvalue weighted by atomic mass is 10.0. The minimum atomic E-state index is -0.489. The zero-order valence-corrected chi connectivity index (χ0v) is 19.1. The van der Waals surface area contributed by atoms with Crippen LogP contribution in [0.25, 0.3) is 10.8 Å². The van der Waals surface area contributed by atoms with Gasteiger partial charge in [-0.05, 0) is 36.8 Å². The zero-order valence-electron chi connectivity index (χ0n) is 18.3. The average molecular weight is 453 g/mol. The first-order valence-corrected chi connectivity index (χ1v) is 10.9. The number of nitrogens with zero attached hydrogens (tertiary/aromatic N) is 3. The van der Waals surface area contributed by atoms with Crippen LogP contribution >= 0.6 is 11.3 Å². The summed E-state index contributed by atoms with van der Waals surface area (Å²) in [6.07, 6.45) is 3.67. The predicted molar refractivity (Wildman–Crippen MR) is 121 cm³/mol. The fourth-order valence-electron chi connectivity index (χ4n) is 3.38. The first kappa shape index (κ1) is 21.6. The monoisotopic (exact) mass is 452 g/mol. The number of thiazole rings is 1. The summed E-state index contributed by atoms with van der Waals surface area (Å²) in [7, 11) is 5.07. The van der Waals surface area contributed by atoms with E-state index in [4.69, 9.17) is 13.9 Å². The minimum Gasteiger partial charge on any atom is -0.497 e. The van der Waals surface area contributed by atoms with Crippen LogP contribution in [0.5, 0.6) is 11.5 Å². The molecule has 8 nitrogen and oxygen atoms in total. The minimum absolute atomic E-state index is 0.137. The van der Waals surface area contributed by atoms with Crippen LogP contribution in [0.1, 0.15) is 28.9 Å². The number of hydrogen-bond acceptors (Lipinski definition) is 7. The van der Waals surface area contributed by atoms with Gasteiger partial charge in [0.1, 0.15) is 29.1 Å². The van der Waals surface area contributed by atoms with Crippen molar-refractivity contribution in [3.05, 3.63) is 70.9 Å². The average Bonchev–Trinajstić information content (AvgIpc) is 3.53. The molecule has 0 radical (unpaired) electrons. The summed E-state index contributed by atoms with van der Waals surface area (Å²) in [6, 6.07) is 8.80. The molecule has 0 saturated heterocycles. The summed E-state index contributed by atoms with van der Waals surface area (Å²) in [5.74, 6) is 3.30. The Bertz CT molecular complexity index is 1200. The number of nitrogens with one attached hydrogen (secondary N) is 1. The van der Waals surface area contributed by atoms with Crippen molar-refractivity contribution in [3.8, 4) is 22.3 Å². The van der Waals surface area contributed by atoms with E-state index < -0.39 is 6.04 Å². The Morgan fingerprint density at radius 1 is 1.22 bits per heavy atom. The van der Waals surface area contributed by atoms with Crippen LogP contribution in [0.3, 0.4) is 0 Å². The molecule has 32 heavy (non-hydrogen) atoms. The molecular weight excluding hydrogens is 428 g/mol. The smallest absolute Gasteiger partial charge is 0.226 e. The number of carbonyl (C=O) groups is 1. The number of imidazole rings is 1. The molecule has 4 aromatic rings. The van der Waals surface area contributed by atoms with Crippen molar-refractivity contribution in [3.63, 3.8) is 0 Å². The molecule has 0 aliphatic rings. The van der Waals surface area contributed by atoms with Gasteiger partial charge in [0.15, 0.2) is 10.8 Å². The van der Waals surface area contributed by atoms with Crippen LogP contribution < -0.4 is 14.8 Å². The number of benzene rings is 1. The second-order valence-electron chi connectivity index (χ2n) is 7.27. The number of amides is 1. The van der Waals surface area contributed by atoms with Crippen molar-refractivity contribution in [2.75, 3.05) is 14.2 Å². The Labute approximate surface area is 189 Å². The van der Waals surface area contributed by atoms with E-state index in [1.54, 1.807) is 26.5 Å². The molecule has 1 amide bonds. The van der Waals surface area contributed by atoms with Gasteiger partial charge in [-0.25, -0.2) is 9.97 Å². The van der Waals surface area contributed by atoms with E-state index in [0.29, 0.717) is 28.8 Å². The molecule has 0 saturated carbocycles. The fraction of sp³-hybridized carbons (Fsp3) is 0.261. The van der Waals surface area contributed by atoms with Crippen LogP contribution in [-0.4, -0.2) is 34.7 Å². The maximum atomic E-state index is 13.0. The number of rotatable bonds is 8. The third-order valence-electron chi connectivity index (χ3n) is 4.97. The van der Waals surface area contributed by atoms with Crippen LogP contribution in [0.15, 0.2) is 52.5 Å². The molecule has 9 heteroatoms. The van der Waals surface area contributed by atoms with Crippen molar-refractivity contribution < 1.29 is 18.7 Å². The summed E-state index contributed by atoms with van der Waals surface area (Å²) >= 11 is 1.45. The summed E-state index contributed by atoms with van der Waals surface area (Å²) in [5, 5.41) is 5.71. The maximum absolute atomic E-state index is 13.0. The summed E-state index contributed by atoms with van der Waals surface area (Å²) in [4.78, 5) is 22.0. The van der Waals surface area contributed by atoms with Gasteiger partial charge in [0.2, 0.25) is 5.91 Å². The van der Waals surface area contributed by atoms with Gasteiger partial charge in [0.05, 0.1) is 26.3 Å². The number of aromatic nitrogens is 3. The highest BCUT2D eigenvalue weighted by atomic mass is 32.1. The lowest BCUT2D eigenvalue weighted by molar-refractivity contribution is -0.121. The molecule has 1 atom stereocenters. The topological polar surface area (TPSA) is 91.4 Å². The first-order valence-electron chi connectivity index (χ1n) is 9.97. The largest absolute Gasteiger partial charge is 0.497 e. The maximum Gasteiger partial charge on any atom is 0.226 e. The second kappa shape index (κ2) is 9.27. The molecule has 3 heterocycles. The lowest BCUT2D eigenvalue weighted by Crippen LogP contribution is -2.32. The molecule has 3 aromatic heterocycles. The number of ether oxygens (including phenoxy) is 2. The molecule has 0 spiro atoms. The Morgan fingerprint density at radius 2 is 1.97 bits per heavy atom. The Balaban J connectivity index is 1.58. The lowest BCUT2D eigenvalue weighted by Gasteiger charge is -2.20. The van der Waals surface area contributed by atoms with Crippen LogP contribution in [0.2, 0.25) is 0 Å². The molecule has 1 N–H and O–H groups in total. The van der Waals surface area contributed by atoms with Crippen molar-refractivity contribution in [2.24, 2.45) is 7.05 Å². The van der Waals surface area contributed by atoms with E-state index in [0.717, 1.165) is 16.3 Å². The Kier molecular flexibility index (Phi) is 6.27. The zero-order chi connectivity index (χ0) is 22.7. The van der Waals surface area contributed by atoms with Crippen molar-refractivity contribution in [2.45, 2.75) is 19.4 Å². The van der Waals surface area contributed by atoms with Crippen molar-refractivity contribution >= 4 is 17.2 Å². The van der Waals surface area contributed by atoms with Crippen LogP contribution in [0.4, 0.5) is 0 Å². The van der Waals surface area contributed by atoms with E-state index in [-0.39, 0.29) is 12.3 Å². The van der Waals surface area contributed by atoms with Gasteiger partial charge in [-0.15, -0.1) is 11.3 Å². The van der Waals surface area contributed by atoms with Gasteiger partial charge in [-0.2, -0.15) is 0 Å². The van der Waals surface area contributed by atoms with Gasteiger partial charge < -0.3 is 23.8 Å². The van der Waals surface area contributed by atoms with Crippen molar-refractivity contribution in [1.82, 2.24) is 19.9 Å². The quantitative estimate of drug-likeness (QED) is 0.436. The number of carbonyl (C=O) groups excluding carboxylic acids is 1. The Morgan fingerprint density at radius 3 is 2.56 bits per heavy atom. The predicted octanol–water partition coefficient (Wildman–Crippen LogP) is 3.91. The standard InChI is InChI=1S/C23H24N4O4S/c1-14-5-6-19(31-14)23-25-16(13-32-23)11-20(28)26-21(22-24-7-8-27(22)2)15-9-17(29-3)12-18(10-15)30-4/h5-10,12-13,21H,11H2,1-4H3,(H,26,28). The third kappa shape index (κ3) is 4.67. The van der Waals surface area contributed by atoms with E-state index in [1.165, 1.54) is 11.3 Å². The van der Waals surface area contributed by atoms with E-state index in [9.17, 15) is 4.79 Å². The molecule has 0 fully saturated rings. The number of hydrogen-bond donors (Lipinski definition) is 1. The van der Waals surface area contributed by atoms with Gasteiger partial charge >= 0.3 is 0 Å². The van der Waals surface area contributed by atoms with Crippen molar-refractivity contribution in [1.29, 1.82) is 0 Å². The molecule has 0 bridgehead atoms. The highest BCUT2D eigenvalue weighted by molar-refractivity contribution is 7.13.